The van der Waals surface area contributed by atoms with Crippen molar-refractivity contribution in [2.45, 2.75) is 18.9 Å². The Balaban J connectivity index is 1.80. The van der Waals surface area contributed by atoms with Gasteiger partial charge in [0.05, 0.1) is 4.92 Å². The molecule has 0 aliphatic carbocycles. The van der Waals surface area contributed by atoms with E-state index in [0.717, 1.165) is 6.07 Å². The Kier molecular flexibility index (Phi) is 5.04. The Labute approximate surface area is 134 Å². The molecule has 1 fully saturated rings. The number of nitrogens with one attached hydrogen (secondary N) is 4. The van der Waals surface area contributed by atoms with E-state index >= 15 is 0 Å². The summed E-state index contributed by atoms with van der Waals surface area (Å²) < 4.78 is 0. The highest BCUT2D eigenvalue weighted by Gasteiger charge is 2.29. The van der Waals surface area contributed by atoms with Crippen LogP contribution < -0.4 is 21.5 Å². The maximum Gasteiger partial charge on any atom is 0.322 e. The number of hydrogen-bond donors (Lipinski definition) is 4. The molecule has 11 nitrogen and oxygen atoms in total. The van der Waals surface area contributed by atoms with Gasteiger partial charge in [0.25, 0.3) is 17.5 Å². The molecular weight excluding hydrogens is 322 g/mol. The summed E-state index contributed by atoms with van der Waals surface area (Å²) in [7, 11) is 0. The molecule has 24 heavy (non-hydrogen) atoms. The van der Waals surface area contributed by atoms with E-state index in [9.17, 15) is 29.3 Å². The van der Waals surface area contributed by atoms with E-state index < -0.39 is 34.7 Å². The SMILES string of the molecule is O=C(CCC1NC(=O)NC1=O)NNC(=O)c1cccc([N+](=O)[O-])c1. The molecule has 1 unspecified atom stereocenters. The molecule has 0 bridgehead atoms. The Hall–Kier alpha value is -3.50. The first kappa shape index (κ1) is 16.9. The van der Waals surface area contributed by atoms with Crippen molar-refractivity contribution in [1.82, 2.24) is 21.5 Å². The van der Waals surface area contributed by atoms with Gasteiger partial charge in [-0.25, -0.2) is 4.79 Å². The molecule has 1 aromatic carbocycles. The van der Waals surface area contributed by atoms with Crippen molar-refractivity contribution >= 4 is 29.4 Å². The number of imide groups is 1. The Morgan fingerprint density at radius 1 is 1.25 bits per heavy atom. The zero-order valence-corrected chi connectivity index (χ0v) is 12.2. The second-order valence-electron chi connectivity index (χ2n) is 4.86. The third-order valence-corrected chi connectivity index (χ3v) is 3.15. The third-order valence-electron chi connectivity index (χ3n) is 3.15. The number of carbonyl (C=O) groups excluding carboxylic acids is 4. The summed E-state index contributed by atoms with van der Waals surface area (Å²) >= 11 is 0. The van der Waals surface area contributed by atoms with E-state index in [0.29, 0.717) is 0 Å². The second kappa shape index (κ2) is 7.17. The number of rotatable bonds is 5. The van der Waals surface area contributed by atoms with E-state index in [-0.39, 0.29) is 24.1 Å². The van der Waals surface area contributed by atoms with E-state index in [1.807, 2.05) is 5.32 Å². The summed E-state index contributed by atoms with van der Waals surface area (Å²) in [6.07, 6.45) is -0.0519. The molecule has 1 aliphatic heterocycles. The van der Waals surface area contributed by atoms with Crippen molar-refractivity contribution in [2.24, 2.45) is 0 Å². The normalized spacial score (nSPS) is 16.1. The summed E-state index contributed by atoms with van der Waals surface area (Å²) in [5, 5.41) is 15.0. The Morgan fingerprint density at radius 2 is 2.00 bits per heavy atom. The van der Waals surface area contributed by atoms with Crippen molar-refractivity contribution in [3.05, 3.63) is 39.9 Å². The topological polar surface area (TPSA) is 160 Å². The number of nitro benzene ring substituents is 1. The maximum absolute atomic E-state index is 11.8. The monoisotopic (exact) mass is 335 g/mol. The average molecular weight is 335 g/mol. The summed E-state index contributed by atoms with van der Waals surface area (Å²) in [5.41, 5.74) is 3.99. The standard InChI is InChI=1S/C13H13N5O6/c19-10(5-4-9-12(21)15-13(22)14-9)16-17-11(20)7-2-1-3-8(6-7)18(23)24/h1-3,6,9H,4-5H2,(H,16,19)(H,17,20)(H2,14,15,21,22). The molecule has 0 aromatic heterocycles. The fraction of sp³-hybridized carbons (Fsp3) is 0.231. The minimum atomic E-state index is -0.796. The van der Waals surface area contributed by atoms with E-state index in [2.05, 4.69) is 16.2 Å². The molecule has 2 rings (SSSR count). The number of hydrazine groups is 1. The van der Waals surface area contributed by atoms with Crippen LogP contribution in [0.2, 0.25) is 0 Å². The van der Waals surface area contributed by atoms with Gasteiger partial charge in [-0.3, -0.25) is 40.7 Å². The molecule has 0 radical (unpaired) electrons. The van der Waals surface area contributed by atoms with Crippen molar-refractivity contribution in [3.8, 4) is 0 Å². The number of carbonyl (C=O) groups is 4. The van der Waals surface area contributed by atoms with Gasteiger partial charge < -0.3 is 5.32 Å². The van der Waals surface area contributed by atoms with Crippen LogP contribution in [0.1, 0.15) is 23.2 Å². The van der Waals surface area contributed by atoms with Gasteiger partial charge in [0.1, 0.15) is 6.04 Å². The number of nitrogens with zero attached hydrogens (tertiary/aromatic N) is 1. The molecular formula is C13H13N5O6. The highest BCUT2D eigenvalue weighted by Crippen LogP contribution is 2.12. The van der Waals surface area contributed by atoms with Gasteiger partial charge in [-0.2, -0.15) is 0 Å². The third kappa shape index (κ3) is 4.25. The molecule has 1 atom stereocenters. The largest absolute Gasteiger partial charge is 0.326 e. The number of amides is 5. The lowest BCUT2D eigenvalue weighted by Gasteiger charge is -2.09. The van der Waals surface area contributed by atoms with E-state index in [1.165, 1.54) is 18.2 Å². The molecule has 0 spiro atoms. The Bertz CT molecular complexity index is 719. The smallest absolute Gasteiger partial charge is 0.322 e. The highest BCUT2D eigenvalue weighted by atomic mass is 16.6. The molecule has 1 heterocycles. The van der Waals surface area contributed by atoms with Gasteiger partial charge in [-0.15, -0.1) is 0 Å². The van der Waals surface area contributed by atoms with Gasteiger partial charge in [0.15, 0.2) is 0 Å². The maximum atomic E-state index is 11.8. The van der Waals surface area contributed by atoms with Crippen LogP contribution in [-0.4, -0.2) is 34.7 Å². The molecule has 0 saturated carbocycles. The van der Waals surface area contributed by atoms with Gasteiger partial charge in [-0.1, -0.05) is 6.07 Å². The van der Waals surface area contributed by atoms with Gasteiger partial charge >= 0.3 is 6.03 Å². The molecule has 126 valence electrons. The van der Waals surface area contributed by atoms with Crippen molar-refractivity contribution in [1.29, 1.82) is 0 Å². The van der Waals surface area contributed by atoms with Crippen LogP contribution >= 0.6 is 0 Å². The first-order valence-electron chi connectivity index (χ1n) is 6.82. The first-order chi connectivity index (χ1) is 11.4. The zero-order valence-electron chi connectivity index (χ0n) is 12.2. The number of urea groups is 1. The lowest BCUT2D eigenvalue weighted by atomic mass is 10.1. The first-order valence-corrected chi connectivity index (χ1v) is 6.82. The van der Waals surface area contributed by atoms with Crippen LogP contribution in [-0.2, 0) is 9.59 Å². The van der Waals surface area contributed by atoms with Gasteiger partial charge in [-0.05, 0) is 12.5 Å². The fourth-order valence-corrected chi connectivity index (χ4v) is 1.96. The van der Waals surface area contributed by atoms with Crippen LogP contribution in [0.15, 0.2) is 24.3 Å². The van der Waals surface area contributed by atoms with E-state index in [1.54, 1.807) is 0 Å². The van der Waals surface area contributed by atoms with Crippen molar-refractivity contribution in [2.75, 3.05) is 0 Å². The van der Waals surface area contributed by atoms with Crippen LogP contribution in [0.3, 0.4) is 0 Å². The van der Waals surface area contributed by atoms with E-state index in [4.69, 9.17) is 0 Å². The summed E-state index contributed by atoms with van der Waals surface area (Å²) in [4.78, 5) is 55.6. The lowest BCUT2D eigenvalue weighted by molar-refractivity contribution is -0.384. The zero-order chi connectivity index (χ0) is 17.7. The van der Waals surface area contributed by atoms with Gasteiger partial charge in [0.2, 0.25) is 5.91 Å². The molecule has 5 amide bonds. The number of nitro groups is 1. The molecule has 1 aromatic rings. The predicted molar refractivity (Wildman–Crippen MR) is 78.4 cm³/mol. The van der Waals surface area contributed by atoms with Gasteiger partial charge in [0, 0.05) is 24.1 Å². The number of non-ortho nitro benzene ring substituents is 1. The van der Waals surface area contributed by atoms with Crippen molar-refractivity contribution in [3.63, 3.8) is 0 Å². The van der Waals surface area contributed by atoms with Crippen molar-refractivity contribution < 1.29 is 24.1 Å². The Morgan fingerprint density at radius 3 is 2.62 bits per heavy atom. The minimum absolute atomic E-state index is 0.00642. The second-order valence-corrected chi connectivity index (χ2v) is 4.86. The number of benzene rings is 1. The van der Waals surface area contributed by atoms with Crippen LogP contribution in [0.25, 0.3) is 0 Å². The summed E-state index contributed by atoms with van der Waals surface area (Å²) in [6.45, 7) is 0. The highest BCUT2D eigenvalue weighted by molar-refractivity contribution is 6.04. The molecule has 11 heteroatoms. The molecule has 4 N–H and O–H groups in total. The lowest BCUT2D eigenvalue weighted by Crippen LogP contribution is -2.42. The van der Waals surface area contributed by atoms with Crippen LogP contribution in [0.5, 0.6) is 0 Å². The fourth-order valence-electron chi connectivity index (χ4n) is 1.96. The summed E-state index contributed by atoms with van der Waals surface area (Å²) in [5.74, 6) is -1.82. The molecule has 1 saturated heterocycles. The average Bonchev–Trinajstić information content (AvgIpc) is 2.88. The predicted octanol–water partition coefficient (Wildman–Crippen LogP) is -0.656. The van der Waals surface area contributed by atoms with Crippen LogP contribution in [0, 0.1) is 10.1 Å². The summed E-state index contributed by atoms with van der Waals surface area (Å²) in [6, 6.07) is 3.58. The number of hydrogen-bond acceptors (Lipinski definition) is 6. The minimum Gasteiger partial charge on any atom is -0.326 e. The molecule has 1 aliphatic rings. The quantitative estimate of drug-likeness (QED) is 0.317. The van der Waals surface area contributed by atoms with Crippen LogP contribution in [0.4, 0.5) is 10.5 Å².